The molecule has 1 aliphatic heterocycles. The van der Waals surface area contributed by atoms with Crippen LogP contribution in [0.25, 0.3) is 0 Å². The second kappa shape index (κ2) is 6.58. The zero-order valence-corrected chi connectivity index (χ0v) is 12.2. The molecule has 0 aliphatic carbocycles. The van der Waals surface area contributed by atoms with Crippen molar-refractivity contribution in [3.05, 3.63) is 29.8 Å². The highest BCUT2D eigenvalue weighted by Crippen LogP contribution is 2.12. The minimum Gasteiger partial charge on any atom is -0.508 e. The van der Waals surface area contributed by atoms with Gasteiger partial charge in [0.2, 0.25) is 11.8 Å². The normalized spacial score (nSPS) is 17.5. The molecule has 0 radical (unpaired) electrons. The van der Waals surface area contributed by atoms with Crippen molar-refractivity contribution in [3.63, 3.8) is 0 Å². The number of likely N-dealkylation sites (N-methyl/N-ethyl adjacent to an activating group) is 1. The van der Waals surface area contributed by atoms with E-state index in [2.05, 4.69) is 0 Å². The fourth-order valence-corrected chi connectivity index (χ4v) is 2.38. The van der Waals surface area contributed by atoms with Crippen LogP contribution in [-0.4, -0.2) is 59.4 Å². The topological polar surface area (TPSA) is 86.9 Å². The van der Waals surface area contributed by atoms with Gasteiger partial charge < -0.3 is 20.6 Å². The van der Waals surface area contributed by atoms with Crippen LogP contribution in [0.5, 0.6) is 5.75 Å². The van der Waals surface area contributed by atoms with Gasteiger partial charge in [-0.05, 0) is 30.5 Å². The van der Waals surface area contributed by atoms with Crippen LogP contribution in [0.15, 0.2) is 24.3 Å². The summed E-state index contributed by atoms with van der Waals surface area (Å²) in [7, 11) is 1.74. The number of phenols is 1. The number of carbonyl (C=O) groups is 2. The molecule has 0 bridgehead atoms. The average molecular weight is 291 g/mol. The van der Waals surface area contributed by atoms with Gasteiger partial charge in [-0.2, -0.15) is 0 Å². The summed E-state index contributed by atoms with van der Waals surface area (Å²) >= 11 is 0. The highest BCUT2D eigenvalue weighted by molar-refractivity contribution is 5.87. The Morgan fingerprint density at radius 3 is 2.67 bits per heavy atom. The molecule has 1 heterocycles. The molecule has 0 spiro atoms. The monoisotopic (exact) mass is 291 g/mol. The number of carbonyl (C=O) groups excluding carboxylic acids is 2. The van der Waals surface area contributed by atoms with E-state index in [1.165, 1.54) is 4.90 Å². The molecule has 1 atom stereocenters. The fraction of sp³-hybridized carbons (Fsp3) is 0.467. The van der Waals surface area contributed by atoms with Crippen LogP contribution in [0.4, 0.5) is 0 Å². The summed E-state index contributed by atoms with van der Waals surface area (Å²) in [5, 5.41) is 9.24. The predicted molar refractivity (Wildman–Crippen MR) is 78.6 cm³/mol. The van der Waals surface area contributed by atoms with Crippen molar-refractivity contribution in [3.8, 4) is 5.75 Å². The Kier molecular flexibility index (Phi) is 4.80. The summed E-state index contributed by atoms with van der Waals surface area (Å²) in [4.78, 5) is 27.3. The van der Waals surface area contributed by atoms with Crippen LogP contribution in [0, 0.1) is 0 Å². The quantitative estimate of drug-likeness (QED) is 0.817. The Bertz CT molecular complexity index is 515. The molecule has 2 amide bonds. The van der Waals surface area contributed by atoms with E-state index in [0.717, 1.165) is 12.0 Å². The summed E-state index contributed by atoms with van der Waals surface area (Å²) in [5.41, 5.74) is 6.85. The molecule has 0 unspecified atom stereocenters. The first-order chi connectivity index (χ1) is 9.97. The molecule has 0 aromatic heterocycles. The molecule has 6 heteroatoms. The van der Waals surface area contributed by atoms with Crippen molar-refractivity contribution in [1.29, 1.82) is 0 Å². The van der Waals surface area contributed by atoms with E-state index < -0.39 is 6.04 Å². The first-order valence-corrected chi connectivity index (χ1v) is 7.03. The maximum Gasteiger partial charge on any atom is 0.241 e. The van der Waals surface area contributed by atoms with E-state index >= 15 is 0 Å². The number of nitrogens with zero attached hydrogens (tertiary/aromatic N) is 2. The maximum absolute atomic E-state index is 12.4. The zero-order valence-electron chi connectivity index (χ0n) is 12.2. The van der Waals surface area contributed by atoms with Gasteiger partial charge >= 0.3 is 0 Å². The van der Waals surface area contributed by atoms with Gasteiger partial charge in [0.05, 0.1) is 12.6 Å². The van der Waals surface area contributed by atoms with Gasteiger partial charge in [0.25, 0.3) is 0 Å². The summed E-state index contributed by atoms with van der Waals surface area (Å²) in [5.74, 6) is -0.0794. The lowest BCUT2D eigenvalue weighted by Crippen LogP contribution is -2.47. The maximum atomic E-state index is 12.4. The van der Waals surface area contributed by atoms with Crippen LogP contribution in [0.1, 0.15) is 12.0 Å². The molecule has 114 valence electrons. The summed E-state index contributed by atoms with van der Waals surface area (Å²) in [6, 6.07) is 5.94. The van der Waals surface area contributed by atoms with E-state index in [0.29, 0.717) is 19.5 Å². The van der Waals surface area contributed by atoms with Crippen LogP contribution in [0.2, 0.25) is 0 Å². The third-order valence-electron chi connectivity index (χ3n) is 3.69. The van der Waals surface area contributed by atoms with E-state index in [9.17, 15) is 14.7 Å². The van der Waals surface area contributed by atoms with Gasteiger partial charge in [-0.15, -0.1) is 0 Å². The fourth-order valence-electron chi connectivity index (χ4n) is 2.38. The highest BCUT2D eigenvalue weighted by Gasteiger charge is 2.26. The van der Waals surface area contributed by atoms with Crippen molar-refractivity contribution in [2.75, 3.05) is 26.7 Å². The molecule has 21 heavy (non-hydrogen) atoms. The van der Waals surface area contributed by atoms with Crippen molar-refractivity contribution < 1.29 is 14.7 Å². The summed E-state index contributed by atoms with van der Waals surface area (Å²) < 4.78 is 0. The van der Waals surface area contributed by atoms with Gasteiger partial charge in [0.15, 0.2) is 0 Å². The first-order valence-electron chi connectivity index (χ1n) is 7.03. The lowest BCUT2D eigenvalue weighted by atomic mass is 10.1. The van der Waals surface area contributed by atoms with Crippen LogP contribution < -0.4 is 5.73 Å². The van der Waals surface area contributed by atoms with Gasteiger partial charge in [-0.1, -0.05) is 12.1 Å². The molecule has 1 fully saturated rings. The lowest BCUT2D eigenvalue weighted by molar-refractivity contribution is -0.138. The van der Waals surface area contributed by atoms with E-state index in [4.69, 9.17) is 5.73 Å². The number of hydrogen-bond donors (Lipinski definition) is 2. The molecule has 2 rings (SSSR count). The SMILES string of the molecule is CN1CCCN(C(=O)[C@@H](N)Cc2ccc(O)cc2)CC1=O. The van der Waals surface area contributed by atoms with E-state index in [1.807, 2.05) is 0 Å². The first kappa shape index (κ1) is 15.3. The van der Waals surface area contributed by atoms with Gasteiger partial charge in [-0.3, -0.25) is 9.59 Å². The van der Waals surface area contributed by atoms with Gasteiger partial charge in [0.1, 0.15) is 5.75 Å². The van der Waals surface area contributed by atoms with Crippen molar-refractivity contribution in [1.82, 2.24) is 9.80 Å². The minimum atomic E-state index is -0.675. The predicted octanol–water partition coefficient (Wildman–Crippen LogP) is -0.0473. The molecule has 1 aromatic rings. The molecular formula is C15H21N3O3. The number of hydrogen-bond acceptors (Lipinski definition) is 4. The number of amides is 2. The Labute approximate surface area is 124 Å². The number of rotatable bonds is 3. The smallest absolute Gasteiger partial charge is 0.241 e. The van der Waals surface area contributed by atoms with Crippen LogP contribution >= 0.6 is 0 Å². The van der Waals surface area contributed by atoms with Crippen molar-refractivity contribution >= 4 is 11.8 Å². The minimum absolute atomic E-state index is 0.0577. The molecule has 6 nitrogen and oxygen atoms in total. The molecule has 3 N–H and O–H groups in total. The van der Waals surface area contributed by atoms with Crippen LogP contribution in [-0.2, 0) is 16.0 Å². The number of phenolic OH excluding ortho intramolecular Hbond substituents is 1. The summed E-state index contributed by atoms with van der Waals surface area (Å²) in [6.45, 7) is 1.31. The van der Waals surface area contributed by atoms with Gasteiger partial charge in [0, 0.05) is 20.1 Å². The lowest BCUT2D eigenvalue weighted by Gasteiger charge is -2.23. The molecule has 1 aliphatic rings. The highest BCUT2D eigenvalue weighted by atomic mass is 16.3. The zero-order chi connectivity index (χ0) is 15.4. The Morgan fingerprint density at radius 1 is 1.33 bits per heavy atom. The second-order valence-electron chi connectivity index (χ2n) is 5.41. The second-order valence-corrected chi connectivity index (χ2v) is 5.41. The number of aromatic hydroxyl groups is 1. The molecule has 0 saturated carbocycles. The van der Waals surface area contributed by atoms with E-state index in [-0.39, 0.29) is 24.1 Å². The molecule has 1 saturated heterocycles. The largest absolute Gasteiger partial charge is 0.508 e. The van der Waals surface area contributed by atoms with Crippen LogP contribution in [0.3, 0.4) is 0 Å². The average Bonchev–Trinajstić information content (AvgIpc) is 2.63. The Balaban J connectivity index is 1.98. The standard InChI is InChI=1S/C15H21N3O3/c1-17-7-2-8-18(10-14(17)20)15(21)13(16)9-11-3-5-12(19)6-4-11/h3-6,13,19H,2,7-10,16H2,1H3/t13-/m0/s1. The van der Waals surface area contributed by atoms with Crippen molar-refractivity contribution in [2.24, 2.45) is 5.73 Å². The Morgan fingerprint density at radius 2 is 2.00 bits per heavy atom. The third kappa shape index (κ3) is 3.95. The van der Waals surface area contributed by atoms with Gasteiger partial charge in [-0.25, -0.2) is 0 Å². The Hall–Kier alpha value is -2.08. The number of benzene rings is 1. The molecular weight excluding hydrogens is 270 g/mol. The number of nitrogens with two attached hydrogens (primary N) is 1. The third-order valence-corrected chi connectivity index (χ3v) is 3.69. The summed E-state index contributed by atoms with van der Waals surface area (Å²) in [6.07, 6.45) is 1.15. The van der Waals surface area contributed by atoms with E-state index in [1.54, 1.807) is 36.2 Å². The van der Waals surface area contributed by atoms with Crippen molar-refractivity contribution in [2.45, 2.75) is 18.9 Å². The molecule has 1 aromatic carbocycles.